The van der Waals surface area contributed by atoms with Crippen LogP contribution in [0.4, 0.5) is 0 Å². The highest BCUT2D eigenvalue weighted by Gasteiger charge is 2.05. The Morgan fingerprint density at radius 3 is 2.77 bits per heavy atom. The highest BCUT2D eigenvalue weighted by Crippen LogP contribution is 2.16. The molecular formula is C10H11ClO2. The zero-order chi connectivity index (χ0) is 9.84. The molecule has 0 bridgehead atoms. The van der Waals surface area contributed by atoms with Crippen LogP contribution in [0.15, 0.2) is 18.2 Å². The molecule has 0 aromatic heterocycles. The molecule has 0 atom stereocenters. The molecule has 0 aliphatic carbocycles. The van der Waals surface area contributed by atoms with Crippen LogP contribution in [0.25, 0.3) is 0 Å². The van der Waals surface area contributed by atoms with Crippen molar-refractivity contribution in [3.05, 3.63) is 34.3 Å². The van der Waals surface area contributed by atoms with Crippen molar-refractivity contribution in [2.75, 3.05) is 6.61 Å². The van der Waals surface area contributed by atoms with Gasteiger partial charge in [-0.25, -0.2) is 0 Å². The molecule has 2 nitrogen and oxygen atoms in total. The van der Waals surface area contributed by atoms with Crippen LogP contribution in [0, 0.1) is 6.92 Å². The topological polar surface area (TPSA) is 37.3 Å². The summed E-state index contributed by atoms with van der Waals surface area (Å²) in [7, 11) is 0. The first-order valence-corrected chi connectivity index (χ1v) is 4.43. The third-order valence-electron chi connectivity index (χ3n) is 1.82. The second-order valence-corrected chi connectivity index (χ2v) is 3.27. The van der Waals surface area contributed by atoms with E-state index in [0.29, 0.717) is 10.6 Å². The molecular weight excluding hydrogens is 188 g/mol. The summed E-state index contributed by atoms with van der Waals surface area (Å²) < 4.78 is 0. The Morgan fingerprint density at radius 2 is 2.23 bits per heavy atom. The first-order chi connectivity index (χ1) is 6.15. The average molecular weight is 199 g/mol. The zero-order valence-corrected chi connectivity index (χ0v) is 8.14. The minimum Gasteiger partial charge on any atom is -0.396 e. The highest BCUT2D eigenvalue weighted by molar-refractivity contribution is 6.31. The van der Waals surface area contributed by atoms with Crippen molar-refractivity contribution in [2.45, 2.75) is 13.3 Å². The first kappa shape index (κ1) is 10.2. The van der Waals surface area contributed by atoms with Gasteiger partial charge in [-0.15, -0.1) is 0 Å². The Hall–Kier alpha value is -0.860. The number of aliphatic hydroxyl groups excluding tert-OH is 1. The van der Waals surface area contributed by atoms with Gasteiger partial charge in [0.1, 0.15) is 0 Å². The minimum atomic E-state index is -0.111. The van der Waals surface area contributed by atoms with Crippen LogP contribution in [-0.2, 0) is 0 Å². The monoisotopic (exact) mass is 198 g/mol. The van der Waals surface area contributed by atoms with E-state index in [4.69, 9.17) is 16.7 Å². The lowest BCUT2D eigenvalue weighted by Crippen LogP contribution is -2.01. The van der Waals surface area contributed by atoms with Gasteiger partial charge in [0.15, 0.2) is 5.78 Å². The summed E-state index contributed by atoms with van der Waals surface area (Å²) in [6.45, 7) is 1.73. The van der Waals surface area contributed by atoms with Crippen LogP contribution in [0.5, 0.6) is 0 Å². The minimum absolute atomic E-state index is 0.0535. The Morgan fingerprint density at radius 1 is 1.54 bits per heavy atom. The number of benzene rings is 1. The van der Waals surface area contributed by atoms with E-state index in [0.717, 1.165) is 5.56 Å². The number of halogens is 1. The van der Waals surface area contributed by atoms with Crippen molar-refractivity contribution in [3.63, 3.8) is 0 Å². The van der Waals surface area contributed by atoms with E-state index in [-0.39, 0.29) is 18.8 Å². The van der Waals surface area contributed by atoms with Crippen molar-refractivity contribution in [1.82, 2.24) is 0 Å². The standard InChI is InChI=1S/C10H11ClO2/c1-7-6-8(2-3-9(7)11)10(13)4-5-12/h2-3,6,12H,4-5H2,1H3. The molecule has 0 fully saturated rings. The fourth-order valence-corrected chi connectivity index (χ4v) is 1.18. The van der Waals surface area contributed by atoms with Crippen molar-refractivity contribution < 1.29 is 9.90 Å². The number of aliphatic hydroxyl groups is 1. The molecule has 13 heavy (non-hydrogen) atoms. The number of rotatable bonds is 3. The van der Waals surface area contributed by atoms with Gasteiger partial charge >= 0.3 is 0 Å². The number of ketones is 1. The smallest absolute Gasteiger partial charge is 0.165 e. The van der Waals surface area contributed by atoms with Gasteiger partial charge in [0, 0.05) is 17.0 Å². The van der Waals surface area contributed by atoms with Gasteiger partial charge in [-0.3, -0.25) is 4.79 Å². The Labute approximate surface area is 82.2 Å². The van der Waals surface area contributed by atoms with Crippen LogP contribution in [0.2, 0.25) is 5.02 Å². The summed E-state index contributed by atoms with van der Waals surface area (Å²) in [4.78, 5) is 11.3. The average Bonchev–Trinajstić information content (AvgIpc) is 2.10. The maximum absolute atomic E-state index is 11.3. The molecule has 1 N–H and O–H groups in total. The van der Waals surface area contributed by atoms with Crippen molar-refractivity contribution in [1.29, 1.82) is 0 Å². The molecule has 0 unspecified atom stereocenters. The van der Waals surface area contributed by atoms with Crippen LogP contribution < -0.4 is 0 Å². The summed E-state index contributed by atoms with van der Waals surface area (Å²) in [6.07, 6.45) is 0.168. The molecule has 0 aliphatic rings. The summed E-state index contributed by atoms with van der Waals surface area (Å²) in [5.74, 6) is -0.0535. The van der Waals surface area contributed by atoms with Gasteiger partial charge in [-0.1, -0.05) is 11.6 Å². The molecule has 0 radical (unpaired) electrons. The lowest BCUT2D eigenvalue weighted by Gasteiger charge is -2.01. The Balaban J connectivity index is 2.90. The molecule has 70 valence electrons. The highest BCUT2D eigenvalue weighted by atomic mass is 35.5. The van der Waals surface area contributed by atoms with Crippen LogP contribution in [0.3, 0.4) is 0 Å². The second-order valence-electron chi connectivity index (χ2n) is 2.86. The summed E-state index contributed by atoms with van der Waals surface area (Å²) in [5.41, 5.74) is 1.49. The predicted octanol–water partition coefficient (Wildman–Crippen LogP) is 2.21. The molecule has 1 aromatic rings. The SMILES string of the molecule is Cc1cc(C(=O)CCO)ccc1Cl. The van der Waals surface area contributed by atoms with Gasteiger partial charge in [-0.2, -0.15) is 0 Å². The Bertz CT molecular complexity index is 321. The summed E-state index contributed by atoms with van der Waals surface area (Å²) >= 11 is 5.80. The third-order valence-corrected chi connectivity index (χ3v) is 2.24. The first-order valence-electron chi connectivity index (χ1n) is 4.05. The van der Waals surface area contributed by atoms with Gasteiger partial charge in [0.05, 0.1) is 6.61 Å². The summed E-state index contributed by atoms with van der Waals surface area (Å²) in [6, 6.07) is 5.11. The van der Waals surface area contributed by atoms with Crippen molar-refractivity contribution in [3.8, 4) is 0 Å². The van der Waals surface area contributed by atoms with Crippen molar-refractivity contribution >= 4 is 17.4 Å². The van der Waals surface area contributed by atoms with Crippen molar-refractivity contribution in [2.24, 2.45) is 0 Å². The van der Waals surface area contributed by atoms with Gasteiger partial charge in [0.25, 0.3) is 0 Å². The van der Waals surface area contributed by atoms with E-state index < -0.39 is 0 Å². The molecule has 0 saturated carbocycles. The fourth-order valence-electron chi connectivity index (χ4n) is 1.06. The van der Waals surface area contributed by atoms with E-state index in [1.165, 1.54) is 0 Å². The fraction of sp³-hybridized carbons (Fsp3) is 0.300. The number of aryl methyl sites for hydroxylation is 1. The molecule has 0 spiro atoms. The van der Waals surface area contributed by atoms with E-state index in [1.54, 1.807) is 18.2 Å². The van der Waals surface area contributed by atoms with E-state index in [2.05, 4.69) is 0 Å². The lowest BCUT2D eigenvalue weighted by molar-refractivity contribution is 0.0956. The van der Waals surface area contributed by atoms with Crippen LogP contribution in [-0.4, -0.2) is 17.5 Å². The van der Waals surface area contributed by atoms with Gasteiger partial charge in [-0.05, 0) is 30.7 Å². The van der Waals surface area contributed by atoms with Crippen LogP contribution >= 0.6 is 11.6 Å². The lowest BCUT2D eigenvalue weighted by atomic mass is 10.1. The van der Waals surface area contributed by atoms with Crippen LogP contribution in [0.1, 0.15) is 22.3 Å². The molecule has 1 aromatic carbocycles. The number of hydrogen-bond acceptors (Lipinski definition) is 2. The third kappa shape index (κ3) is 2.54. The largest absolute Gasteiger partial charge is 0.396 e. The van der Waals surface area contributed by atoms with E-state index >= 15 is 0 Å². The Kier molecular flexibility index (Phi) is 3.46. The number of carbonyl (C=O) groups is 1. The summed E-state index contributed by atoms with van der Waals surface area (Å²) in [5, 5.41) is 9.23. The van der Waals surface area contributed by atoms with E-state index in [1.807, 2.05) is 6.92 Å². The quantitative estimate of drug-likeness (QED) is 0.757. The molecule has 0 heterocycles. The molecule has 0 aliphatic heterocycles. The van der Waals surface area contributed by atoms with Gasteiger partial charge in [0.2, 0.25) is 0 Å². The number of hydrogen-bond donors (Lipinski definition) is 1. The second kappa shape index (κ2) is 4.40. The molecule has 3 heteroatoms. The zero-order valence-electron chi connectivity index (χ0n) is 7.38. The molecule has 0 saturated heterocycles. The van der Waals surface area contributed by atoms with E-state index in [9.17, 15) is 4.79 Å². The predicted molar refractivity (Wildman–Crippen MR) is 52.2 cm³/mol. The van der Waals surface area contributed by atoms with Gasteiger partial charge < -0.3 is 5.11 Å². The normalized spacial score (nSPS) is 10.1. The maximum Gasteiger partial charge on any atom is 0.165 e. The number of carbonyl (C=O) groups excluding carboxylic acids is 1. The number of Topliss-reactive ketones (excluding diaryl/α,β-unsaturated/α-hetero) is 1. The molecule has 1 rings (SSSR count). The molecule has 0 amide bonds. The maximum atomic E-state index is 11.3.